The van der Waals surface area contributed by atoms with Crippen LogP contribution < -0.4 is 24.7 Å². The Kier molecular flexibility index (Phi) is 7.79. The largest absolute Gasteiger partial charge is 0.395 e. The number of aromatic nitrogens is 1. The molecule has 0 radical (unpaired) electrons. The molecule has 4 aliphatic rings. The number of hydrogen-bond acceptors (Lipinski definition) is 8. The molecule has 3 N–H and O–H groups in total. The fourth-order valence-electron chi connectivity index (χ4n) is 6.50. The van der Waals surface area contributed by atoms with Crippen molar-refractivity contribution in [1.82, 2.24) is 9.71 Å². The number of rotatable bonds is 8. The van der Waals surface area contributed by atoms with Crippen molar-refractivity contribution < 1.29 is 27.1 Å². The molecule has 0 bridgehead atoms. The van der Waals surface area contributed by atoms with Gasteiger partial charge in [0.15, 0.2) is 5.82 Å². The number of fused-ring (bicyclic) bond motifs is 1. The molecule has 3 fully saturated rings. The fraction of sp³-hybridized carbons (Fsp3) is 0.600. The number of aliphatic hydroxyl groups is 1. The first-order chi connectivity index (χ1) is 20.4. The lowest BCUT2D eigenvalue weighted by Gasteiger charge is -2.35. The maximum Gasteiger partial charge on any atom is 0.258 e. The van der Waals surface area contributed by atoms with Gasteiger partial charge < -0.3 is 25.1 Å². The summed E-state index contributed by atoms with van der Waals surface area (Å²) in [6.07, 6.45) is 4.66. The van der Waals surface area contributed by atoms with Gasteiger partial charge in [0.25, 0.3) is 11.8 Å². The molecule has 1 saturated carbocycles. The molecule has 234 valence electrons. The van der Waals surface area contributed by atoms with Crippen LogP contribution in [0.2, 0.25) is 0 Å². The van der Waals surface area contributed by atoms with Gasteiger partial charge in [-0.2, -0.15) is 0 Å². The SMILES string of the molecule is C[C@H](CO)NS(=O)(=O)c1ccc(C(=O)Nc2cc3c(c(N4CCC(F)(F)CC4)n2)N(C)CC3)c(N2CCC3(CC2)CC3)c1. The number of nitrogens with zero attached hydrogens (tertiary/aromatic N) is 4. The number of likely N-dealkylation sites (N-methyl/N-ethyl adjacent to an activating group) is 1. The highest BCUT2D eigenvalue weighted by Crippen LogP contribution is 2.54. The highest BCUT2D eigenvalue weighted by atomic mass is 32.2. The molecule has 1 aromatic heterocycles. The van der Waals surface area contributed by atoms with E-state index in [0.29, 0.717) is 28.3 Å². The van der Waals surface area contributed by atoms with Crippen molar-refractivity contribution in [1.29, 1.82) is 0 Å². The number of amides is 1. The van der Waals surface area contributed by atoms with E-state index in [1.54, 1.807) is 6.92 Å². The molecule has 6 rings (SSSR count). The Bertz CT molecular complexity index is 1500. The van der Waals surface area contributed by atoms with Crippen molar-refractivity contribution in [3.8, 4) is 0 Å². The fourth-order valence-corrected chi connectivity index (χ4v) is 7.75. The van der Waals surface area contributed by atoms with Crippen LogP contribution in [0.4, 0.5) is 31.8 Å². The third kappa shape index (κ3) is 6.16. The Morgan fingerprint density at radius 3 is 2.35 bits per heavy atom. The summed E-state index contributed by atoms with van der Waals surface area (Å²) in [5, 5.41) is 12.3. The van der Waals surface area contributed by atoms with Crippen LogP contribution >= 0.6 is 0 Å². The van der Waals surface area contributed by atoms with E-state index in [2.05, 4.69) is 19.8 Å². The summed E-state index contributed by atoms with van der Waals surface area (Å²) in [7, 11) is -1.97. The number of carbonyl (C=O) groups excluding carboxylic acids is 1. The number of pyridine rings is 1. The summed E-state index contributed by atoms with van der Waals surface area (Å²) >= 11 is 0. The third-order valence-corrected chi connectivity index (χ3v) is 11.1. The van der Waals surface area contributed by atoms with Crippen molar-refractivity contribution in [3.63, 3.8) is 0 Å². The lowest BCUT2D eigenvalue weighted by molar-refractivity contribution is -0.0221. The summed E-state index contributed by atoms with van der Waals surface area (Å²) in [6, 6.07) is 5.65. The Balaban J connectivity index is 1.31. The molecule has 1 atom stereocenters. The van der Waals surface area contributed by atoms with Crippen LogP contribution in [0.15, 0.2) is 29.2 Å². The molecule has 43 heavy (non-hydrogen) atoms. The van der Waals surface area contributed by atoms with Crippen LogP contribution in [0.3, 0.4) is 0 Å². The molecule has 1 spiro atoms. The first-order valence-corrected chi connectivity index (χ1v) is 16.6. The van der Waals surface area contributed by atoms with Crippen molar-refractivity contribution in [3.05, 3.63) is 35.4 Å². The van der Waals surface area contributed by atoms with Gasteiger partial charge in [0, 0.05) is 58.7 Å². The topological polar surface area (TPSA) is 118 Å². The van der Waals surface area contributed by atoms with Crippen LogP contribution in [-0.4, -0.2) is 82.8 Å². The molecule has 13 heteroatoms. The molecule has 2 saturated heterocycles. The second kappa shape index (κ2) is 11.2. The molecular formula is C30H40F2N6O4S. The van der Waals surface area contributed by atoms with Crippen molar-refractivity contribution in [2.45, 2.75) is 68.7 Å². The normalized spacial score (nSPS) is 21.6. The first-order valence-electron chi connectivity index (χ1n) is 15.1. The van der Waals surface area contributed by atoms with Crippen LogP contribution in [0, 0.1) is 5.41 Å². The number of benzene rings is 1. The molecule has 4 heterocycles. The molecule has 10 nitrogen and oxygen atoms in total. The average molecular weight is 619 g/mol. The van der Waals surface area contributed by atoms with Gasteiger partial charge >= 0.3 is 0 Å². The first kappa shape index (κ1) is 30.0. The number of piperidine rings is 2. The molecular weight excluding hydrogens is 578 g/mol. The van der Waals surface area contributed by atoms with Gasteiger partial charge in [-0.1, -0.05) is 0 Å². The summed E-state index contributed by atoms with van der Waals surface area (Å²) in [5.74, 6) is -2.17. The van der Waals surface area contributed by atoms with Crippen LogP contribution in [0.5, 0.6) is 0 Å². The third-order valence-electron chi connectivity index (χ3n) is 9.46. The Morgan fingerprint density at radius 2 is 1.70 bits per heavy atom. The van der Waals surface area contributed by atoms with E-state index in [0.717, 1.165) is 50.1 Å². The number of aliphatic hydroxyl groups excluding tert-OH is 1. The Labute approximate surface area is 251 Å². The maximum atomic E-state index is 13.9. The average Bonchev–Trinajstić information content (AvgIpc) is 3.62. The molecule has 1 amide bonds. The highest BCUT2D eigenvalue weighted by Gasteiger charge is 2.45. The Hall–Kier alpha value is -3.03. The second-order valence-corrected chi connectivity index (χ2v) is 14.4. The van der Waals surface area contributed by atoms with E-state index in [-0.39, 0.29) is 37.4 Å². The summed E-state index contributed by atoms with van der Waals surface area (Å²) in [4.78, 5) is 24.7. The zero-order chi connectivity index (χ0) is 30.6. The van der Waals surface area contributed by atoms with Crippen molar-refractivity contribution in [2.24, 2.45) is 5.41 Å². The van der Waals surface area contributed by atoms with Gasteiger partial charge in [0.2, 0.25) is 10.0 Å². The number of carbonyl (C=O) groups is 1. The standard InChI is InChI=1S/C30H40F2N6O4S/c1-20(19-39)35-43(41,42)22-3-4-23(24(18-22)37-13-8-29(6-7-29)9-14-37)28(40)34-25-17-21-5-12-36(2)26(21)27(33-25)38-15-10-30(31,32)11-16-38/h3-4,17-18,20,35,39H,5-16,19H2,1-2H3,(H,33,34,40)/t20-/m1/s1. The number of anilines is 4. The second-order valence-electron chi connectivity index (χ2n) is 12.7. The van der Waals surface area contributed by atoms with Gasteiger partial charge in [-0.05, 0) is 74.3 Å². The minimum absolute atomic E-state index is 0.0222. The summed E-state index contributed by atoms with van der Waals surface area (Å²) in [5.41, 5.74) is 3.16. The molecule has 1 aromatic carbocycles. The van der Waals surface area contributed by atoms with Gasteiger partial charge in [-0.15, -0.1) is 0 Å². The number of nitrogens with one attached hydrogen (secondary N) is 2. The van der Waals surface area contributed by atoms with E-state index in [1.165, 1.54) is 31.0 Å². The zero-order valence-corrected chi connectivity index (χ0v) is 25.5. The molecule has 0 unspecified atom stereocenters. The van der Waals surface area contributed by atoms with Crippen molar-refractivity contribution in [2.75, 3.05) is 66.4 Å². The van der Waals surface area contributed by atoms with E-state index < -0.39 is 27.9 Å². The van der Waals surface area contributed by atoms with Gasteiger partial charge in [0.05, 0.1) is 28.4 Å². The van der Waals surface area contributed by atoms with Crippen LogP contribution in [0.1, 0.15) is 61.4 Å². The number of hydrogen-bond donors (Lipinski definition) is 3. The van der Waals surface area contributed by atoms with Crippen LogP contribution in [-0.2, 0) is 16.4 Å². The summed E-state index contributed by atoms with van der Waals surface area (Å²) < 4.78 is 56.5. The number of sulfonamides is 1. The van der Waals surface area contributed by atoms with E-state index in [4.69, 9.17) is 4.98 Å². The zero-order valence-electron chi connectivity index (χ0n) is 24.7. The smallest absolute Gasteiger partial charge is 0.258 e. The quantitative estimate of drug-likeness (QED) is 0.411. The van der Waals surface area contributed by atoms with E-state index >= 15 is 0 Å². The van der Waals surface area contributed by atoms with Crippen LogP contribution in [0.25, 0.3) is 0 Å². The highest BCUT2D eigenvalue weighted by molar-refractivity contribution is 7.89. The minimum atomic E-state index is -3.93. The molecule has 3 aliphatic heterocycles. The number of halogens is 2. The minimum Gasteiger partial charge on any atom is -0.395 e. The number of alkyl halides is 2. The van der Waals surface area contributed by atoms with Gasteiger partial charge in [0.1, 0.15) is 5.82 Å². The van der Waals surface area contributed by atoms with E-state index in [9.17, 15) is 27.1 Å². The van der Waals surface area contributed by atoms with Gasteiger partial charge in [-0.3, -0.25) is 4.79 Å². The van der Waals surface area contributed by atoms with Crippen molar-refractivity contribution >= 4 is 38.9 Å². The lowest BCUT2D eigenvalue weighted by Crippen LogP contribution is -2.40. The van der Waals surface area contributed by atoms with E-state index in [1.807, 2.05) is 18.0 Å². The molecule has 2 aromatic rings. The molecule has 1 aliphatic carbocycles. The predicted octanol–water partition coefficient (Wildman–Crippen LogP) is 3.60. The predicted molar refractivity (Wildman–Crippen MR) is 162 cm³/mol. The maximum absolute atomic E-state index is 13.9. The van der Waals surface area contributed by atoms with Gasteiger partial charge in [-0.25, -0.2) is 26.9 Å². The lowest BCUT2D eigenvalue weighted by atomic mass is 9.93. The Morgan fingerprint density at radius 1 is 1.02 bits per heavy atom. The monoisotopic (exact) mass is 618 g/mol. The summed E-state index contributed by atoms with van der Waals surface area (Å²) in [6.45, 7) is 3.80.